The van der Waals surface area contributed by atoms with Gasteiger partial charge in [-0.2, -0.15) is 0 Å². The van der Waals surface area contributed by atoms with E-state index in [1.807, 2.05) is 0 Å². The molecule has 1 atom stereocenters. The highest BCUT2D eigenvalue weighted by atomic mass is 79.9. The zero-order valence-electron chi connectivity index (χ0n) is 11.3. The standard InChI is InChI=1S/C15H20BrN3/c1-12-7-3-2-5-9-18(12)15-13(11-16)19-10-6-4-8-14(19)17-15/h4,6,8,10,12H,2-3,5,7,9,11H2,1H3. The molecule has 0 aliphatic carbocycles. The molecule has 1 aliphatic rings. The minimum Gasteiger partial charge on any atom is -0.352 e. The van der Waals surface area contributed by atoms with Gasteiger partial charge < -0.3 is 9.30 Å². The second-order valence-corrected chi connectivity index (χ2v) is 5.90. The number of halogens is 1. The highest BCUT2D eigenvalue weighted by Gasteiger charge is 2.23. The maximum atomic E-state index is 4.86. The fourth-order valence-electron chi connectivity index (χ4n) is 2.98. The Bertz CT molecular complexity index is 564. The van der Waals surface area contributed by atoms with Gasteiger partial charge in [-0.25, -0.2) is 4.98 Å². The van der Waals surface area contributed by atoms with Gasteiger partial charge in [-0.3, -0.25) is 0 Å². The van der Waals surface area contributed by atoms with E-state index in [2.05, 4.69) is 56.6 Å². The normalized spacial score (nSPS) is 20.7. The molecule has 3 nitrogen and oxygen atoms in total. The third-order valence-electron chi connectivity index (χ3n) is 4.06. The van der Waals surface area contributed by atoms with Gasteiger partial charge in [-0.05, 0) is 31.9 Å². The first kappa shape index (κ1) is 13.0. The van der Waals surface area contributed by atoms with Gasteiger partial charge in [0.15, 0.2) is 5.82 Å². The first-order valence-electron chi connectivity index (χ1n) is 7.10. The second-order valence-electron chi connectivity index (χ2n) is 5.34. The van der Waals surface area contributed by atoms with Crippen molar-refractivity contribution >= 4 is 27.4 Å². The zero-order valence-corrected chi connectivity index (χ0v) is 12.9. The predicted octanol–water partition coefficient (Wildman–Crippen LogP) is 4.00. The van der Waals surface area contributed by atoms with Gasteiger partial charge in [0, 0.05) is 24.1 Å². The maximum Gasteiger partial charge on any atom is 0.152 e. The molecule has 0 saturated carbocycles. The van der Waals surface area contributed by atoms with Crippen LogP contribution in [0.4, 0.5) is 5.82 Å². The van der Waals surface area contributed by atoms with Gasteiger partial charge >= 0.3 is 0 Å². The van der Waals surface area contributed by atoms with E-state index >= 15 is 0 Å². The van der Waals surface area contributed by atoms with Crippen LogP contribution in [0.1, 0.15) is 38.3 Å². The first-order valence-corrected chi connectivity index (χ1v) is 8.22. The molecule has 2 aromatic heterocycles. The molecular weight excluding hydrogens is 302 g/mol. The fraction of sp³-hybridized carbons (Fsp3) is 0.533. The molecule has 0 amide bonds. The number of hydrogen-bond acceptors (Lipinski definition) is 2. The van der Waals surface area contributed by atoms with E-state index in [4.69, 9.17) is 4.98 Å². The Hall–Kier alpha value is -1.03. The Morgan fingerprint density at radius 3 is 3.05 bits per heavy atom. The largest absolute Gasteiger partial charge is 0.352 e. The van der Waals surface area contributed by atoms with E-state index < -0.39 is 0 Å². The van der Waals surface area contributed by atoms with Crippen molar-refractivity contribution in [1.82, 2.24) is 9.38 Å². The van der Waals surface area contributed by atoms with Crippen LogP contribution >= 0.6 is 15.9 Å². The van der Waals surface area contributed by atoms with Crippen LogP contribution in [0.15, 0.2) is 24.4 Å². The summed E-state index contributed by atoms with van der Waals surface area (Å²) in [5.41, 5.74) is 2.31. The molecule has 0 radical (unpaired) electrons. The molecule has 1 saturated heterocycles. The van der Waals surface area contributed by atoms with Crippen LogP contribution in [0.2, 0.25) is 0 Å². The number of aromatic nitrogens is 2. The molecule has 1 aliphatic heterocycles. The number of alkyl halides is 1. The Morgan fingerprint density at radius 1 is 1.32 bits per heavy atom. The summed E-state index contributed by atoms with van der Waals surface area (Å²) < 4.78 is 2.20. The van der Waals surface area contributed by atoms with Gasteiger partial charge in [0.1, 0.15) is 5.65 Å². The quantitative estimate of drug-likeness (QED) is 0.779. The highest BCUT2D eigenvalue weighted by Crippen LogP contribution is 2.28. The summed E-state index contributed by atoms with van der Waals surface area (Å²) in [6.07, 6.45) is 7.34. The highest BCUT2D eigenvalue weighted by molar-refractivity contribution is 9.08. The number of pyridine rings is 1. The summed E-state index contributed by atoms with van der Waals surface area (Å²) in [5, 5.41) is 0.844. The Kier molecular flexibility index (Phi) is 3.78. The van der Waals surface area contributed by atoms with Crippen molar-refractivity contribution in [2.75, 3.05) is 11.4 Å². The molecule has 0 spiro atoms. The van der Waals surface area contributed by atoms with E-state index in [-0.39, 0.29) is 0 Å². The molecule has 1 unspecified atom stereocenters. The van der Waals surface area contributed by atoms with Crippen LogP contribution < -0.4 is 4.90 Å². The third-order valence-corrected chi connectivity index (χ3v) is 4.59. The molecular formula is C15H20BrN3. The molecule has 1 fully saturated rings. The lowest BCUT2D eigenvalue weighted by Gasteiger charge is -2.28. The summed E-state index contributed by atoms with van der Waals surface area (Å²) in [4.78, 5) is 7.35. The lowest BCUT2D eigenvalue weighted by atomic mass is 10.1. The van der Waals surface area contributed by atoms with E-state index in [1.165, 1.54) is 31.4 Å². The van der Waals surface area contributed by atoms with Crippen LogP contribution in [0.25, 0.3) is 5.65 Å². The molecule has 0 aromatic carbocycles. The maximum absolute atomic E-state index is 4.86. The van der Waals surface area contributed by atoms with Crippen molar-refractivity contribution in [3.8, 4) is 0 Å². The first-order chi connectivity index (χ1) is 9.31. The minimum absolute atomic E-state index is 0.588. The summed E-state index contributed by atoms with van der Waals surface area (Å²) in [6.45, 7) is 3.46. The molecule has 0 bridgehead atoms. The van der Waals surface area contributed by atoms with Gasteiger partial charge in [0.05, 0.1) is 5.69 Å². The fourth-order valence-corrected chi connectivity index (χ4v) is 3.50. The van der Waals surface area contributed by atoms with Crippen molar-refractivity contribution in [1.29, 1.82) is 0 Å². The van der Waals surface area contributed by atoms with Crippen molar-refractivity contribution in [2.45, 2.75) is 44.0 Å². The Labute approximate surface area is 122 Å². The van der Waals surface area contributed by atoms with E-state index in [9.17, 15) is 0 Å². The van der Waals surface area contributed by atoms with Crippen LogP contribution in [0.3, 0.4) is 0 Å². The minimum atomic E-state index is 0.588. The van der Waals surface area contributed by atoms with Crippen LogP contribution in [0, 0.1) is 0 Å². The van der Waals surface area contributed by atoms with Crippen molar-refractivity contribution in [3.63, 3.8) is 0 Å². The van der Waals surface area contributed by atoms with Gasteiger partial charge in [0.25, 0.3) is 0 Å². The lowest BCUT2D eigenvalue weighted by molar-refractivity contribution is 0.611. The van der Waals surface area contributed by atoms with Gasteiger partial charge in [-0.1, -0.05) is 34.8 Å². The van der Waals surface area contributed by atoms with Crippen LogP contribution in [0.5, 0.6) is 0 Å². The molecule has 102 valence electrons. The van der Waals surface area contributed by atoms with Crippen LogP contribution in [-0.2, 0) is 5.33 Å². The SMILES string of the molecule is CC1CCCCCN1c1nc2ccccn2c1CBr. The average molecular weight is 322 g/mol. The number of hydrogen-bond donors (Lipinski definition) is 0. The number of imidazole rings is 1. The Balaban J connectivity index is 2.07. The summed E-state index contributed by atoms with van der Waals surface area (Å²) in [6, 6.07) is 6.79. The monoisotopic (exact) mass is 321 g/mol. The zero-order chi connectivity index (χ0) is 13.2. The number of fused-ring (bicyclic) bond motifs is 1. The van der Waals surface area contributed by atoms with Crippen molar-refractivity contribution in [3.05, 3.63) is 30.1 Å². The smallest absolute Gasteiger partial charge is 0.152 e. The third kappa shape index (κ3) is 2.38. The van der Waals surface area contributed by atoms with Crippen molar-refractivity contribution in [2.24, 2.45) is 0 Å². The average Bonchev–Trinajstić information content (AvgIpc) is 2.67. The topological polar surface area (TPSA) is 20.5 Å². The molecule has 3 heterocycles. The van der Waals surface area contributed by atoms with Gasteiger partial charge in [0.2, 0.25) is 0 Å². The van der Waals surface area contributed by atoms with E-state index in [1.54, 1.807) is 0 Å². The van der Waals surface area contributed by atoms with Gasteiger partial charge in [-0.15, -0.1) is 0 Å². The molecule has 2 aromatic rings. The Morgan fingerprint density at radius 2 is 2.21 bits per heavy atom. The van der Waals surface area contributed by atoms with E-state index in [0.29, 0.717) is 6.04 Å². The lowest BCUT2D eigenvalue weighted by Crippen LogP contribution is -2.33. The molecule has 3 rings (SSSR count). The number of nitrogens with zero attached hydrogens (tertiary/aromatic N) is 3. The van der Waals surface area contributed by atoms with Crippen LogP contribution in [-0.4, -0.2) is 22.0 Å². The molecule has 4 heteroatoms. The summed E-state index contributed by atoms with van der Waals surface area (Å²) >= 11 is 3.63. The molecule has 19 heavy (non-hydrogen) atoms. The predicted molar refractivity (Wildman–Crippen MR) is 83.1 cm³/mol. The number of rotatable bonds is 2. The van der Waals surface area contributed by atoms with Crippen molar-refractivity contribution < 1.29 is 0 Å². The number of anilines is 1. The summed E-state index contributed by atoms with van der Waals surface area (Å²) in [5.74, 6) is 1.16. The second kappa shape index (κ2) is 5.53. The van der Waals surface area contributed by atoms with E-state index in [0.717, 1.165) is 23.3 Å². The molecule has 0 N–H and O–H groups in total. The summed E-state index contributed by atoms with van der Waals surface area (Å²) in [7, 11) is 0.